The summed E-state index contributed by atoms with van der Waals surface area (Å²) in [4.78, 5) is 4.60. The van der Waals surface area contributed by atoms with Crippen molar-refractivity contribution in [2.45, 2.75) is 193 Å². The standard InChI is InChI=1S/C31H65NO/c1-2-3-4-5-6-7-8-9-10-11-12-13-14-15-16-17-18-19-20-21-22-23-24-25-26-27-28-29-30-31-33-32/h2-32H2,1H3. The molecule has 0 spiro atoms. The topological polar surface area (TPSA) is 35.2 Å². The number of rotatable bonds is 30. The third-order valence-corrected chi connectivity index (χ3v) is 7.37. The van der Waals surface area contributed by atoms with Crippen LogP contribution in [-0.2, 0) is 4.84 Å². The molecule has 2 heteroatoms. The molecule has 0 saturated heterocycles. The zero-order chi connectivity index (χ0) is 23.9. The Bertz CT molecular complexity index is 290. The summed E-state index contributed by atoms with van der Waals surface area (Å²) < 4.78 is 0. The van der Waals surface area contributed by atoms with Crippen LogP contribution in [0, 0.1) is 0 Å². The molecule has 0 rings (SSSR count). The number of nitrogens with two attached hydrogens (primary N) is 1. The Kier molecular flexibility index (Phi) is 31.8. The smallest absolute Gasteiger partial charge is 0.0679 e. The first-order valence-electron chi connectivity index (χ1n) is 15.7. The largest absolute Gasteiger partial charge is 0.305 e. The quantitative estimate of drug-likeness (QED) is 0.0841. The van der Waals surface area contributed by atoms with Crippen molar-refractivity contribution >= 4 is 0 Å². The van der Waals surface area contributed by atoms with E-state index in [4.69, 9.17) is 5.90 Å². The van der Waals surface area contributed by atoms with Crippen LogP contribution >= 0.6 is 0 Å². The van der Waals surface area contributed by atoms with Crippen molar-refractivity contribution in [1.82, 2.24) is 0 Å². The fourth-order valence-electron chi connectivity index (χ4n) is 5.03. The molecule has 0 radical (unpaired) electrons. The van der Waals surface area contributed by atoms with Crippen LogP contribution in [0.2, 0.25) is 0 Å². The van der Waals surface area contributed by atoms with E-state index in [-0.39, 0.29) is 0 Å². The minimum atomic E-state index is 0.722. The SMILES string of the molecule is CCCCCCCCCCCCCCCCCCCCCCCCCCCCCCCON. The molecule has 200 valence electrons. The van der Waals surface area contributed by atoms with Crippen LogP contribution in [0.15, 0.2) is 0 Å². The van der Waals surface area contributed by atoms with E-state index in [0.717, 1.165) is 13.0 Å². The molecule has 0 unspecified atom stereocenters. The molecule has 0 heterocycles. The first kappa shape index (κ1) is 32.9. The van der Waals surface area contributed by atoms with Crippen LogP contribution in [0.1, 0.15) is 193 Å². The summed E-state index contributed by atoms with van der Waals surface area (Å²) in [5.41, 5.74) is 0. The molecular formula is C31H65NO. The molecule has 2 N–H and O–H groups in total. The Hall–Kier alpha value is -0.0800. The molecule has 0 bridgehead atoms. The van der Waals surface area contributed by atoms with Crippen molar-refractivity contribution in [3.8, 4) is 0 Å². The van der Waals surface area contributed by atoms with E-state index in [9.17, 15) is 0 Å². The first-order valence-corrected chi connectivity index (χ1v) is 15.7. The van der Waals surface area contributed by atoms with E-state index in [0.29, 0.717) is 0 Å². The Morgan fingerprint density at radius 2 is 0.485 bits per heavy atom. The second-order valence-electron chi connectivity index (χ2n) is 10.8. The number of hydrogen-bond donors (Lipinski definition) is 1. The highest BCUT2D eigenvalue weighted by molar-refractivity contribution is 4.52. The van der Waals surface area contributed by atoms with Gasteiger partial charge in [-0.25, -0.2) is 5.90 Å². The predicted molar refractivity (Wildman–Crippen MR) is 150 cm³/mol. The van der Waals surface area contributed by atoms with Gasteiger partial charge in [0.1, 0.15) is 0 Å². The van der Waals surface area contributed by atoms with Gasteiger partial charge < -0.3 is 4.84 Å². The highest BCUT2D eigenvalue weighted by atomic mass is 16.6. The Labute approximate surface area is 210 Å². The summed E-state index contributed by atoms with van der Waals surface area (Å²) >= 11 is 0. The van der Waals surface area contributed by atoms with Crippen LogP contribution in [-0.4, -0.2) is 6.61 Å². The van der Waals surface area contributed by atoms with Gasteiger partial charge in [-0.2, -0.15) is 0 Å². The zero-order valence-electron chi connectivity index (χ0n) is 23.2. The van der Waals surface area contributed by atoms with Crippen LogP contribution in [0.4, 0.5) is 0 Å². The lowest BCUT2D eigenvalue weighted by molar-refractivity contribution is 0.133. The van der Waals surface area contributed by atoms with Crippen molar-refractivity contribution in [1.29, 1.82) is 0 Å². The van der Waals surface area contributed by atoms with Crippen LogP contribution in [0.5, 0.6) is 0 Å². The van der Waals surface area contributed by atoms with Gasteiger partial charge in [-0.3, -0.25) is 0 Å². The summed E-state index contributed by atoms with van der Waals surface area (Å²) in [5, 5.41) is 0. The van der Waals surface area contributed by atoms with Crippen molar-refractivity contribution in [3.63, 3.8) is 0 Å². The monoisotopic (exact) mass is 468 g/mol. The Balaban J connectivity index is 2.99. The van der Waals surface area contributed by atoms with Crippen LogP contribution < -0.4 is 5.90 Å². The minimum absolute atomic E-state index is 0.722. The molecule has 0 aromatic rings. The fourth-order valence-corrected chi connectivity index (χ4v) is 5.03. The fraction of sp³-hybridized carbons (Fsp3) is 1.00. The van der Waals surface area contributed by atoms with Gasteiger partial charge in [-0.05, 0) is 6.42 Å². The molecule has 0 saturated carbocycles. The van der Waals surface area contributed by atoms with Gasteiger partial charge in [-0.15, -0.1) is 0 Å². The van der Waals surface area contributed by atoms with E-state index in [1.54, 1.807) is 0 Å². The van der Waals surface area contributed by atoms with E-state index in [2.05, 4.69) is 11.8 Å². The van der Waals surface area contributed by atoms with Gasteiger partial charge >= 0.3 is 0 Å². The molecular weight excluding hydrogens is 402 g/mol. The highest BCUT2D eigenvalue weighted by Gasteiger charge is 1.96. The van der Waals surface area contributed by atoms with Gasteiger partial charge in [0.05, 0.1) is 6.61 Å². The number of unbranched alkanes of at least 4 members (excludes halogenated alkanes) is 28. The van der Waals surface area contributed by atoms with Gasteiger partial charge in [0.2, 0.25) is 0 Å². The van der Waals surface area contributed by atoms with Crippen molar-refractivity contribution in [3.05, 3.63) is 0 Å². The molecule has 2 nitrogen and oxygen atoms in total. The summed E-state index contributed by atoms with van der Waals surface area (Å²) in [7, 11) is 0. The van der Waals surface area contributed by atoms with E-state index in [1.165, 1.54) is 180 Å². The van der Waals surface area contributed by atoms with Gasteiger partial charge in [0, 0.05) is 0 Å². The second kappa shape index (κ2) is 31.9. The molecule has 0 atom stereocenters. The van der Waals surface area contributed by atoms with E-state index < -0.39 is 0 Å². The van der Waals surface area contributed by atoms with Gasteiger partial charge in [0.15, 0.2) is 0 Å². The molecule has 0 fully saturated rings. The van der Waals surface area contributed by atoms with E-state index >= 15 is 0 Å². The molecule has 0 aliphatic heterocycles. The van der Waals surface area contributed by atoms with Crippen molar-refractivity contribution in [2.24, 2.45) is 5.90 Å². The molecule has 33 heavy (non-hydrogen) atoms. The summed E-state index contributed by atoms with van der Waals surface area (Å²) in [6, 6.07) is 0. The lowest BCUT2D eigenvalue weighted by Gasteiger charge is -2.04. The summed E-state index contributed by atoms with van der Waals surface area (Å²) in [6.45, 7) is 3.02. The molecule has 0 aliphatic rings. The molecule has 0 aliphatic carbocycles. The predicted octanol–water partition coefficient (Wildman–Crippen LogP) is 11.2. The van der Waals surface area contributed by atoms with Crippen molar-refractivity contribution in [2.75, 3.05) is 6.61 Å². The van der Waals surface area contributed by atoms with Gasteiger partial charge in [0.25, 0.3) is 0 Å². The zero-order valence-corrected chi connectivity index (χ0v) is 23.2. The van der Waals surface area contributed by atoms with Crippen molar-refractivity contribution < 1.29 is 4.84 Å². The third kappa shape index (κ3) is 31.9. The molecule has 0 amide bonds. The normalized spacial score (nSPS) is 11.5. The van der Waals surface area contributed by atoms with Crippen LogP contribution in [0.3, 0.4) is 0 Å². The average Bonchev–Trinajstić information content (AvgIpc) is 2.83. The average molecular weight is 468 g/mol. The number of hydrogen-bond acceptors (Lipinski definition) is 2. The van der Waals surface area contributed by atoms with Crippen LogP contribution in [0.25, 0.3) is 0 Å². The van der Waals surface area contributed by atoms with Gasteiger partial charge in [-0.1, -0.05) is 187 Å². The lowest BCUT2D eigenvalue weighted by Crippen LogP contribution is -2.00. The summed E-state index contributed by atoms with van der Waals surface area (Å²) in [6.07, 6.45) is 41.8. The maximum Gasteiger partial charge on any atom is 0.0679 e. The second-order valence-corrected chi connectivity index (χ2v) is 10.8. The highest BCUT2D eigenvalue weighted by Crippen LogP contribution is 2.16. The van der Waals surface area contributed by atoms with E-state index in [1.807, 2.05) is 0 Å². The third-order valence-electron chi connectivity index (χ3n) is 7.37. The Morgan fingerprint density at radius 1 is 0.303 bits per heavy atom. The maximum absolute atomic E-state index is 5.04. The first-order chi connectivity index (χ1) is 16.4. The summed E-state index contributed by atoms with van der Waals surface area (Å²) in [5.74, 6) is 5.04. The Morgan fingerprint density at radius 3 is 0.667 bits per heavy atom. The maximum atomic E-state index is 5.04. The molecule has 0 aromatic carbocycles. The molecule has 0 aromatic heterocycles. The lowest BCUT2D eigenvalue weighted by atomic mass is 10.0. The minimum Gasteiger partial charge on any atom is -0.305 e.